The van der Waals surface area contributed by atoms with Crippen LogP contribution >= 0.6 is 11.6 Å². The summed E-state index contributed by atoms with van der Waals surface area (Å²) in [6.07, 6.45) is 7.05. The summed E-state index contributed by atoms with van der Waals surface area (Å²) in [5, 5.41) is 7.97. The van der Waals surface area contributed by atoms with Crippen molar-refractivity contribution in [3.8, 4) is 11.3 Å². The Hall–Kier alpha value is -2.90. The number of aromatic nitrogens is 4. The number of ether oxygens (including phenoxy) is 1. The highest BCUT2D eigenvalue weighted by Gasteiger charge is 2.20. The molecule has 1 fully saturated rings. The highest BCUT2D eigenvalue weighted by molar-refractivity contribution is 6.29. The molecule has 1 aliphatic heterocycles. The highest BCUT2D eigenvalue weighted by Crippen LogP contribution is 2.20. The smallest absolute Gasteiger partial charge is 0.201 e. The van der Waals surface area contributed by atoms with Gasteiger partial charge in [0.25, 0.3) is 0 Å². The van der Waals surface area contributed by atoms with Gasteiger partial charge >= 0.3 is 0 Å². The Morgan fingerprint density at radius 2 is 1.97 bits per heavy atom. The van der Waals surface area contributed by atoms with Gasteiger partial charge in [-0.1, -0.05) is 17.7 Å². The Bertz CT molecular complexity index is 1120. The molecule has 0 atom stereocenters. The molecule has 3 aromatic rings. The van der Waals surface area contributed by atoms with Crippen LogP contribution in [0.15, 0.2) is 47.7 Å². The number of aryl methyl sites for hydroxylation is 1. The Balaban J connectivity index is 1.71. The average molecular weight is 439 g/mol. The molecular formula is C23H23ClN4O3. The maximum atomic E-state index is 13.2. The largest absolute Gasteiger partial charge is 0.381 e. The Labute approximate surface area is 185 Å². The minimum atomic E-state index is -0.327. The molecule has 0 N–H and O–H groups in total. The van der Waals surface area contributed by atoms with Gasteiger partial charge in [0.15, 0.2) is 10.9 Å². The van der Waals surface area contributed by atoms with Crippen LogP contribution in [-0.2, 0) is 17.7 Å². The third-order valence-electron chi connectivity index (χ3n) is 5.41. The molecule has 160 valence electrons. The zero-order valence-electron chi connectivity index (χ0n) is 17.3. The van der Waals surface area contributed by atoms with Crippen LogP contribution in [-0.4, -0.2) is 38.7 Å². The number of ketones is 1. The van der Waals surface area contributed by atoms with Crippen molar-refractivity contribution in [2.75, 3.05) is 13.2 Å². The summed E-state index contributed by atoms with van der Waals surface area (Å²) in [7, 11) is 0. The van der Waals surface area contributed by atoms with Crippen LogP contribution in [0.2, 0.25) is 5.15 Å². The number of hydrogen-bond donors (Lipinski definition) is 0. The van der Waals surface area contributed by atoms with Crippen LogP contribution in [0.4, 0.5) is 0 Å². The molecule has 3 aromatic heterocycles. The van der Waals surface area contributed by atoms with Gasteiger partial charge in [-0.05, 0) is 49.4 Å². The predicted molar refractivity (Wildman–Crippen MR) is 117 cm³/mol. The van der Waals surface area contributed by atoms with Gasteiger partial charge in [0.1, 0.15) is 0 Å². The fourth-order valence-electron chi connectivity index (χ4n) is 3.67. The maximum Gasteiger partial charge on any atom is 0.201 e. The molecule has 7 nitrogen and oxygen atoms in total. The lowest BCUT2D eigenvalue weighted by Gasteiger charge is -2.23. The van der Waals surface area contributed by atoms with Gasteiger partial charge in [-0.25, -0.2) is 0 Å². The summed E-state index contributed by atoms with van der Waals surface area (Å²) < 4.78 is 7.39. The molecule has 0 bridgehead atoms. The zero-order chi connectivity index (χ0) is 21.8. The monoisotopic (exact) mass is 438 g/mol. The quantitative estimate of drug-likeness (QED) is 0.547. The second-order valence-electron chi connectivity index (χ2n) is 7.84. The van der Waals surface area contributed by atoms with Crippen LogP contribution < -0.4 is 5.43 Å². The molecule has 0 saturated carbocycles. The summed E-state index contributed by atoms with van der Waals surface area (Å²) in [5.74, 6) is 0.122. The molecule has 0 spiro atoms. The molecule has 4 heterocycles. The third-order valence-corrected chi connectivity index (χ3v) is 5.61. The van der Waals surface area contributed by atoms with E-state index >= 15 is 0 Å². The number of halogens is 1. The minimum absolute atomic E-state index is 0.0263. The van der Waals surface area contributed by atoms with Gasteiger partial charge in [-0.3, -0.25) is 14.6 Å². The lowest BCUT2D eigenvalue weighted by atomic mass is 9.99. The molecule has 31 heavy (non-hydrogen) atoms. The highest BCUT2D eigenvalue weighted by atomic mass is 35.5. The Kier molecular flexibility index (Phi) is 6.53. The number of Topliss-reactive ketones (excluding diaryl/α,β-unsaturated/α-hetero) is 1. The van der Waals surface area contributed by atoms with Crippen molar-refractivity contribution in [2.24, 2.45) is 5.92 Å². The number of nitrogens with zero attached hydrogens (tertiary/aromatic N) is 4. The van der Waals surface area contributed by atoms with Crippen molar-refractivity contribution in [1.82, 2.24) is 19.7 Å². The predicted octanol–water partition coefficient (Wildman–Crippen LogP) is 3.51. The van der Waals surface area contributed by atoms with E-state index in [4.69, 9.17) is 16.3 Å². The number of rotatable bonds is 6. The molecule has 0 unspecified atom stereocenters. The molecular weight excluding hydrogens is 416 g/mol. The topological polar surface area (TPSA) is 87.0 Å². The molecule has 0 aliphatic carbocycles. The number of carbonyl (C=O) groups excluding carboxylic acids is 1. The molecule has 1 saturated heterocycles. The maximum absolute atomic E-state index is 13.2. The van der Waals surface area contributed by atoms with Gasteiger partial charge in [-0.15, -0.1) is 5.10 Å². The second-order valence-corrected chi connectivity index (χ2v) is 8.22. The van der Waals surface area contributed by atoms with Gasteiger partial charge in [0.05, 0.1) is 28.9 Å². The fraction of sp³-hybridized carbons (Fsp3) is 0.348. The first-order valence-corrected chi connectivity index (χ1v) is 10.6. The van der Waals surface area contributed by atoms with E-state index in [1.807, 2.05) is 23.6 Å². The van der Waals surface area contributed by atoms with Gasteiger partial charge < -0.3 is 9.30 Å². The second kappa shape index (κ2) is 9.49. The third kappa shape index (κ3) is 5.24. The van der Waals surface area contributed by atoms with E-state index in [9.17, 15) is 9.59 Å². The number of pyridine rings is 2. The van der Waals surface area contributed by atoms with E-state index in [2.05, 4.69) is 15.2 Å². The zero-order valence-corrected chi connectivity index (χ0v) is 18.0. The molecule has 4 rings (SSSR count). The van der Waals surface area contributed by atoms with Crippen LogP contribution in [0.5, 0.6) is 0 Å². The van der Waals surface area contributed by atoms with Crippen LogP contribution in [0.25, 0.3) is 11.3 Å². The SMILES string of the molecule is Cc1ccc(-c2cn(CC3CCOCC3)cc(C(=O)Cc3ccc(Cl)nn3)c2=O)nc1. The first kappa shape index (κ1) is 21.3. The summed E-state index contributed by atoms with van der Waals surface area (Å²) in [6.45, 7) is 4.12. The van der Waals surface area contributed by atoms with Gasteiger partial charge in [-0.2, -0.15) is 5.10 Å². The van der Waals surface area contributed by atoms with Crippen molar-refractivity contribution in [3.05, 3.63) is 75.1 Å². The minimum Gasteiger partial charge on any atom is -0.381 e. The van der Waals surface area contributed by atoms with Crippen molar-refractivity contribution < 1.29 is 9.53 Å². The van der Waals surface area contributed by atoms with Crippen molar-refractivity contribution in [2.45, 2.75) is 32.7 Å². The van der Waals surface area contributed by atoms with Crippen molar-refractivity contribution in [1.29, 1.82) is 0 Å². The van der Waals surface area contributed by atoms with Gasteiger partial charge in [0.2, 0.25) is 5.43 Å². The summed E-state index contributed by atoms with van der Waals surface area (Å²) >= 11 is 5.78. The van der Waals surface area contributed by atoms with E-state index in [0.717, 1.165) is 31.6 Å². The Morgan fingerprint density at radius 1 is 1.16 bits per heavy atom. The summed E-state index contributed by atoms with van der Waals surface area (Å²) in [5.41, 5.74) is 2.23. The van der Waals surface area contributed by atoms with Crippen molar-refractivity contribution in [3.63, 3.8) is 0 Å². The summed E-state index contributed by atoms with van der Waals surface area (Å²) in [6, 6.07) is 6.93. The van der Waals surface area contributed by atoms with E-state index in [-0.39, 0.29) is 28.3 Å². The van der Waals surface area contributed by atoms with Crippen LogP contribution in [0.1, 0.15) is 34.5 Å². The lowest BCUT2D eigenvalue weighted by molar-refractivity contribution is 0.0612. The van der Waals surface area contributed by atoms with E-state index in [0.29, 0.717) is 29.4 Å². The normalized spacial score (nSPS) is 14.5. The number of carbonyl (C=O) groups is 1. The molecule has 0 aromatic carbocycles. The van der Waals surface area contributed by atoms with Crippen LogP contribution in [0, 0.1) is 12.8 Å². The van der Waals surface area contributed by atoms with E-state index < -0.39 is 0 Å². The lowest BCUT2D eigenvalue weighted by Crippen LogP contribution is -2.25. The van der Waals surface area contributed by atoms with Gasteiger partial charge in [0, 0.05) is 38.3 Å². The van der Waals surface area contributed by atoms with Crippen LogP contribution in [0.3, 0.4) is 0 Å². The Morgan fingerprint density at radius 3 is 2.65 bits per heavy atom. The standard InChI is InChI=1S/C23H23ClN4O3/c1-15-2-4-20(25-11-15)18-13-28(12-16-6-8-31-9-7-16)14-19(23(18)30)21(29)10-17-3-5-22(24)27-26-17/h2-5,11,13-14,16H,6-10,12H2,1H3. The van der Waals surface area contributed by atoms with E-state index in [1.54, 1.807) is 30.7 Å². The first-order valence-electron chi connectivity index (χ1n) is 10.3. The number of hydrogen-bond acceptors (Lipinski definition) is 6. The van der Waals surface area contributed by atoms with E-state index in [1.165, 1.54) is 0 Å². The summed E-state index contributed by atoms with van der Waals surface area (Å²) in [4.78, 5) is 30.7. The molecule has 0 amide bonds. The first-order chi connectivity index (χ1) is 15.0. The van der Waals surface area contributed by atoms with Crippen molar-refractivity contribution >= 4 is 17.4 Å². The molecule has 8 heteroatoms. The average Bonchev–Trinajstić information content (AvgIpc) is 2.78. The molecule has 0 radical (unpaired) electrons. The molecule has 1 aliphatic rings. The fourth-order valence-corrected chi connectivity index (χ4v) is 3.77.